The number of halogens is 1. The Morgan fingerprint density at radius 1 is 0.903 bits per heavy atom. The van der Waals surface area contributed by atoms with Gasteiger partial charge in [0.25, 0.3) is 11.8 Å². The molecule has 0 radical (unpaired) electrons. The second kappa shape index (κ2) is 9.86. The fourth-order valence-electron chi connectivity index (χ4n) is 2.73. The Hall–Kier alpha value is -3.71. The molecule has 0 fully saturated rings. The van der Waals surface area contributed by atoms with Gasteiger partial charge in [-0.15, -0.1) is 0 Å². The van der Waals surface area contributed by atoms with Crippen LogP contribution in [-0.2, 0) is 6.54 Å². The molecule has 0 bridgehead atoms. The van der Waals surface area contributed by atoms with Gasteiger partial charge in [0, 0.05) is 29.4 Å². The summed E-state index contributed by atoms with van der Waals surface area (Å²) in [6.45, 7) is 0.460. The molecular formula is C24H18FN3O2S. The molecule has 0 saturated heterocycles. The van der Waals surface area contributed by atoms with Crippen molar-refractivity contribution in [3.8, 4) is 11.6 Å². The van der Waals surface area contributed by atoms with E-state index in [1.54, 1.807) is 42.6 Å². The molecule has 0 spiro atoms. The highest BCUT2D eigenvalue weighted by molar-refractivity contribution is 7.99. The fourth-order valence-corrected chi connectivity index (χ4v) is 3.52. The first-order valence-electron chi connectivity index (χ1n) is 9.52. The standard InChI is InChI=1S/C24H18FN3O2S/c25-19-8-12-21(13-9-19)31-24-23(26-14-15-27-24)30-20-10-6-18(7-11-20)22(29)28-16-17-4-2-1-3-5-17/h1-15H,16H2,(H,28,29). The Balaban J connectivity index is 1.41. The van der Waals surface area contributed by atoms with E-state index in [1.807, 2.05) is 30.3 Å². The Morgan fingerprint density at radius 2 is 1.61 bits per heavy atom. The van der Waals surface area contributed by atoms with Crippen molar-refractivity contribution in [1.82, 2.24) is 15.3 Å². The summed E-state index contributed by atoms with van der Waals surface area (Å²) in [7, 11) is 0. The molecule has 1 aromatic heterocycles. The average molecular weight is 431 g/mol. The van der Waals surface area contributed by atoms with E-state index in [0.29, 0.717) is 28.8 Å². The number of amides is 1. The number of carbonyl (C=O) groups excluding carboxylic acids is 1. The van der Waals surface area contributed by atoms with Gasteiger partial charge in [-0.2, -0.15) is 0 Å². The summed E-state index contributed by atoms with van der Waals surface area (Å²) in [5.41, 5.74) is 1.56. The summed E-state index contributed by atoms with van der Waals surface area (Å²) in [6.07, 6.45) is 3.11. The average Bonchev–Trinajstić information content (AvgIpc) is 2.81. The van der Waals surface area contributed by atoms with Gasteiger partial charge in [0.15, 0.2) is 5.03 Å². The SMILES string of the molecule is O=C(NCc1ccccc1)c1ccc(Oc2nccnc2Sc2ccc(F)cc2)cc1. The summed E-state index contributed by atoms with van der Waals surface area (Å²) < 4.78 is 19.0. The lowest BCUT2D eigenvalue weighted by atomic mass is 10.2. The van der Waals surface area contributed by atoms with Crippen LogP contribution in [0.25, 0.3) is 0 Å². The number of benzene rings is 3. The summed E-state index contributed by atoms with van der Waals surface area (Å²) >= 11 is 1.33. The van der Waals surface area contributed by atoms with Gasteiger partial charge in [0.1, 0.15) is 11.6 Å². The quantitative estimate of drug-likeness (QED) is 0.419. The van der Waals surface area contributed by atoms with Crippen molar-refractivity contribution < 1.29 is 13.9 Å². The maximum atomic E-state index is 13.1. The molecule has 0 aliphatic rings. The minimum absolute atomic E-state index is 0.164. The predicted octanol–water partition coefficient (Wildman–Crippen LogP) is 5.49. The molecule has 4 rings (SSSR count). The Labute approximate surface area is 183 Å². The van der Waals surface area contributed by atoms with Crippen LogP contribution in [0.15, 0.2) is 101 Å². The third-order valence-electron chi connectivity index (χ3n) is 4.29. The second-order valence-electron chi connectivity index (χ2n) is 6.52. The lowest BCUT2D eigenvalue weighted by Crippen LogP contribution is -2.22. The molecule has 0 saturated carbocycles. The Bertz CT molecular complexity index is 1150. The number of hydrogen-bond donors (Lipinski definition) is 1. The molecule has 4 aromatic rings. The highest BCUT2D eigenvalue weighted by atomic mass is 32.2. The molecule has 0 atom stereocenters. The number of nitrogens with zero attached hydrogens (tertiary/aromatic N) is 2. The van der Waals surface area contributed by atoms with E-state index in [0.717, 1.165) is 10.5 Å². The van der Waals surface area contributed by atoms with Crippen molar-refractivity contribution in [2.45, 2.75) is 16.5 Å². The van der Waals surface area contributed by atoms with E-state index in [1.165, 1.54) is 30.1 Å². The fraction of sp³-hybridized carbons (Fsp3) is 0.0417. The van der Waals surface area contributed by atoms with Crippen LogP contribution < -0.4 is 10.1 Å². The van der Waals surface area contributed by atoms with Gasteiger partial charge in [-0.05, 0) is 54.1 Å². The maximum Gasteiger partial charge on any atom is 0.252 e. The summed E-state index contributed by atoms with van der Waals surface area (Å²) in [6, 6.07) is 22.6. The van der Waals surface area contributed by atoms with Gasteiger partial charge in [-0.25, -0.2) is 14.4 Å². The van der Waals surface area contributed by atoms with Crippen molar-refractivity contribution in [2.24, 2.45) is 0 Å². The number of ether oxygens (including phenoxy) is 1. The summed E-state index contributed by atoms with van der Waals surface area (Å²) in [5.74, 6) is 0.398. The number of rotatable bonds is 7. The Morgan fingerprint density at radius 3 is 2.35 bits per heavy atom. The zero-order valence-corrected chi connectivity index (χ0v) is 17.2. The molecule has 0 aliphatic carbocycles. The highest BCUT2D eigenvalue weighted by Crippen LogP contribution is 2.33. The molecule has 7 heteroatoms. The molecule has 31 heavy (non-hydrogen) atoms. The van der Waals surface area contributed by atoms with Gasteiger partial charge < -0.3 is 10.1 Å². The van der Waals surface area contributed by atoms with E-state index in [2.05, 4.69) is 15.3 Å². The van der Waals surface area contributed by atoms with Crippen LogP contribution in [0.3, 0.4) is 0 Å². The highest BCUT2D eigenvalue weighted by Gasteiger charge is 2.11. The number of hydrogen-bond acceptors (Lipinski definition) is 5. The Kier molecular flexibility index (Phi) is 6.54. The smallest absolute Gasteiger partial charge is 0.252 e. The van der Waals surface area contributed by atoms with Crippen LogP contribution >= 0.6 is 11.8 Å². The van der Waals surface area contributed by atoms with Crippen molar-refractivity contribution in [3.63, 3.8) is 0 Å². The van der Waals surface area contributed by atoms with E-state index in [9.17, 15) is 9.18 Å². The summed E-state index contributed by atoms with van der Waals surface area (Å²) in [5, 5.41) is 3.45. The molecule has 1 amide bonds. The third-order valence-corrected chi connectivity index (χ3v) is 5.27. The van der Waals surface area contributed by atoms with E-state index >= 15 is 0 Å². The van der Waals surface area contributed by atoms with Gasteiger partial charge in [-0.3, -0.25) is 4.79 Å². The van der Waals surface area contributed by atoms with Crippen molar-refractivity contribution in [3.05, 3.63) is 108 Å². The van der Waals surface area contributed by atoms with Crippen molar-refractivity contribution >= 4 is 17.7 Å². The minimum Gasteiger partial charge on any atom is -0.437 e. The third kappa shape index (κ3) is 5.67. The van der Waals surface area contributed by atoms with Gasteiger partial charge >= 0.3 is 0 Å². The zero-order valence-electron chi connectivity index (χ0n) is 16.4. The van der Waals surface area contributed by atoms with Gasteiger partial charge in [0.2, 0.25) is 0 Å². The van der Waals surface area contributed by atoms with Crippen LogP contribution in [0.4, 0.5) is 4.39 Å². The van der Waals surface area contributed by atoms with E-state index in [-0.39, 0.29) is 11.7 Å². The lowest BCUT2D eigenvalue weighted by molar-refractivity contribution is 0.0951. The summed E-state index contributed by atoms with van der Waals surface area (Å²) in [4.78, 5) is 21.7. The minimum atomic E-state index is -0.298. The lowest BCUT2D eigenvalue weighted by Gasteiger charge is -2.10. The van der Waals surface area contributed by atoms with Crippen LogP contribution in [0.5, 0.6) is 11.6 Å². The molecule has 1 heterocycles. The van der Waals surface area contributed by atoms with Crippen molar-refractivity contribution in [1.29, 1.82) is 0 Å². The van der Waals surface area contributed by atoms with Crippen LogP contribution in [0, 0.1) is 5.82 Å². The monoisotopic (exact) mass is 431 g/mol. The van der Waals surface area contributed by atoms with Crippen LogP contribution in [-0.4, -0.2) is 15.9 Å². The molecular weight excluding hydrogens is 413 g/mol. The zero-order chi connectivity index (χ0) is 21.5. The number of nitrogens with one attached hydrogen (secondary N) is 1. The largest absolute Gasteiger partial charge is 0.437 e. The molecule has 3 aromatic carbocycles. The topological polar surface area (TPSA) is 64.1 Å². The normalized spacial score (nSPS) is 10.5. The van der Waals surface area contributed by atoms with Crippen LogP contribution in [0.2, 0.25) is 0 Å². The molecule has 154 valence electrons. The molecule has 0 unspecified atom stereocenters. The predicted molar refractivity (Wildman–Crippen MR) is 117 cm³/mol. The van der Waals surface area contributed by atoms with Crippen molar-refractivity contribution in [2.75, 3.05) is 0 Å². The molecule has 5 nitrogen and oxygen atoms in total. The second-order valence-corrected chi connectivity index (χ2v) is 7.58. The van der Waals surface area contributed by atoms with Gasteiger partial charge in [-0.1, -0.05) is 42.1 Å². The number of carbonyl (C=O) groups is 1. The molecule has 1 N–H and O–H groups in total. The maximum absolute atomic E-state index is 13.1. The first-order valence-corrected chi connectivity index (χ1v) is 10.3. The first kappa shape index (κ1) is 20.6. The molecule has 0 aliphatic heterocycles. The van der Waals surface area contributed by atoms with Crippen LogP contribution in [0.1, 0.15) is 15.9 Å². The van der Waals surface area contributed by atoms with E-state index < -0.39 is 0 Å². The van der Waals surface area contributed by atoms with E-state index in [4.69, 9.17) is 4.74 Å². The van der Waals surface area contributed by atoms with Gasteiger partial charge in [0.05, 0.1) is 0 Å². The first-order chi connectivity index (χ1) is 15.2. The number of aromatic nitrogens is 2.